The van der Waals surface area contributed by atoms with Crippen molar-refractivity contribution in [2.75, 3.05) is 53.4 Å². The number of nitrogens with one attached hydrogen (secondary N) is 1. The normalized spacial score (nSPS) is 30.1. The Morgan fingerprint density at radius 2 is 1.82 bits per heavy atom. The molecule has 1 N–H and O–H groups in total. The first kappa shape index (κ1) is 12.6. The summed E-state index contributed by atoms with van der Waals surface area (Å²) < 4.78 is 0. The molecule has 2 heterocycles. The number of likely N-dealkylation sites (tertiary alicyclic amines) is 1. The number of carbonyl (C=O) groups excluding carboxylic acids is 1. The van der Waals surface area contributed by atoms with Gasteiger partial charge in [-0.1, -0.05) is 6.92 Å². The van der Waals surface area contributed by atoms with Crippen LogP contribution in [0.3, 0.4) is 0 Å². The Bertz CT molecular complexity index is 276. The molecule has 17 heavy (non-hydrogen) atoms. The van der Waals surface area contributed by atoms with Crippen molar-refractivity contribution in [3.63, 3.8) is 0 Å². The van der Waals surface area contributed by atoms with Gasteiger partial charge in [0.25, 0.3) is 0 Å². The molecule has 2 aliphatic heterocycles. The molecule has 0 saturated carbocycles. The lowest BCUT2D eigenvalue weighted by Gasteiger charge is -2.31. The van der Waals surface area contributed by atoms with Gasteiger partial charge in [0.05, 0.1) is 0 Å². The molecule has 0 spiro atoms. The summed E-state index contributed by atoms with van der Waals surface area (Å²) in [6.45, 7) is 7.53. The number of rotatable bonds is 1. The number of nitrogens with zero attached hydrogens (tertiary/aromatic N) is 3. The molecule has 98 valence electrons. The minimum atomic E-state index is 0.225. The van der Waals surface area contributed by atoms with Crippen LogP contribution in [0.5, 0.6) is 0 Å². The molecule has 2 rings (SSSR count). The second kappa shape index (κ2) is 5.23. The lowest BCUT2D eigenvalue weighted by Crippen LogP contribution is -2.51. The number of likely N-dealkylation sites (N-methyl/N-ethyl adjacent to an activating group) is 1. The minimum Gasteiger partial charge on any atom is -0.323 e. The molecule has 5 nitrogen and oxygen atoms in total. The first-order valence-corrected chi connectivity index (χ1v) is 6.50. The van der Waals surface area contributed by atoms with Crippen molar-refractivity contribution < 1.29 is 4.79 Å². The SMILES string of the molecule is CC1CN(C(=O)N2CCNCC2)CC1N(C)C. The molecule has 2 amide bonds. The monoisotopic (exact) mass is 240 g/mol. The smallest absolute Gasteiger partial charge is 0.320 e. The van der Waals surface area contributed by atoms with E-state index in [1.165, 1.54) is 0 Å². The first-order valence-electron chi connectivity index (χ1n) is 6.50. The fourth-order valence-corrected chi connectivity index (χ4v) is 2.83. The summed E-state index contributed by atoms with van der Waals surface area (Å²) in [5.41, 5.74) is 0. The number of urea groups is 1. The summed E-state index contributed by atoms with van der Waals surface area (Å²) in [7, 11) is 4.19. The minimum absolute atomic E-state index is 0.225. The van der Waals surface area contributed by atoms with Gasteiger partial charge in [0.2, 0.25) is 0 Å². The van der Waals surface area contributed by atoms with Gasteiger partial charge in [-0.3, -0.25) is 0 Å². The molecule has 0 radical (unpaired) electrons. The Morgan fingerprint density at radius 1 is 1.18 bits per heavy atom. The topological polar surface area (TPSA) is 38.8 Å². The largest absolute Gasteiger partial charge is 0.323 e. The number of carbonyl (C=O) groups is 1. The van der Waals surface area contributed by atoms with Gasteiger partial charge < -0.3 is 20.0 Å². The summed E-state index contributed by atoms with van der Waals surface area (Å²) in [4.78, 5) is 18.5. The van der Waals surface area contributed by atoms with Crippen molar-refractivity contribution in [2.24, 2.45) is 5.92 Å². The molecular formula is C12H24N4O. The highest BCUT2D eigenvalue weighted by Crippen LogP contribution is 2.21. The number of hydrogen-bond donors (Lipinski definition) is 1. The van der Waals surface area contributed by atoms with E-state index in [9.17, 15) is 4.79 Å². The van der Waals surface area contributed by atoms with Gasteiger partial charge in [0.1, 0.15) is 0 Å². The fraction of sp³-hybridized carbons (Fsp3) is 0.917. The Labute approximate surface area is 104 Å². The zero-order valence-corrected chi connectivity index (χ0v) is 11.1. The summed E-state index contributed by atoms with van der Waals surface area (Å²) >= 11 is 0. The van der Waals surface area contributed by atoms with E-state index in [1.807, 2.05) is 9.80 Å². The van der Waals surface area contributed by atoms with Gasteiger partial charge in [-0.2, -0.15) is 0 Å². The molecule has 0 aromatic rings. The van der Waals surface area contributed by atoms with Gasteiger partial charge in [0, 0.05) is 45.3 Å². The van der Waals surface area contributed by atoms with E-state index < -0.39 is 0 Å². The summed E-state index contributed by atoms with van der Waals surface area (Å²) in [5.74, 6) is 0.567. The third-order valence-electron chi connectivity index (χ3n) is 3.89. The Balaban J connectivity index is 1.92. The highest BCUT2D eigenvalue weighted by molar-refractivity contribution is 5.75. The molecule has 2 fully saturated rings. The quantitative estimate of drug-likeness (QED) is 0.695. The van der Waals surface area contributed by atoms with Crippen LogP contribution in [0.1, 0.15) is 6.92 Å². The van der Waals surface area contributed by atoms with E-state index in [0.29, 0.717) is 12.0 Å². The van der Waals surface area contributed by atoms with E-state index in [0.717, 1.165) is 39.3 Å². The third kappa shape index (κ3) is 2.72. The average molecular weight is 240 g/mol. The Kier molecular flexibility index (Phi) is 3.89. The van der Waals surface area contributed by atoms with Gasteiger partial charge in [-0.05, 0) is 20.0 Å². The highest BCUT2D eigenvalue weighted by atomic mass is 16.2. The molecule has 5 heteroatoms. The lowest BCUT2D eigenvalue weighted by molar-refractivity contribution is 0.152. The van der Waals surface area contributed by atoms with Gasteiger partial charge >= 0.3 is 6.03 Å². The van der Waals surface area contributed by atoms with Crippen LogP contribution in [0.25, 0.3) is 0 Å². The summed E-state index contributed by atoms with van der Waals surface area (Å²) in [6.07, 6.45) is 0. The van der Waals surface area contributed by atoms with E-state index in [2.05, 4.69) is 31.2 Å². The van der Waals surface area contributed by atoms with Crippen LogP contribution in [0.4, 0.5) is 4.79 Å². The molecular weight excluding hydrogens is 216 g/mol. The van der Waals surface area contributed by atoms with Crippen molar-refractivity contribution in [1.29, 1.82) is 0 Å². The van der Waals surface area contributed by atoms with E-state index in [1.54, 1.807) is 0 Å². The fourth-order valence-electron chi connectivity index (χ4n) is 2.83. The number of piperazine rings is 1. The maximum Gasteiger partial charge on any atom is 0.320 e. The number of amides is 2. The summed E-state index contributed by atoms with van der Waals surface area (Å²) in [6, 6.07) is 0.726. The van der Waals surface area contributed by atoms with Crippen molar-refractivity contribution >= 4 is 6.03 Å². The predicted molar refractivity (Wildman–Crippen MR) is 68.1 cm³/mol. The lowest BCUT2D eigenvalue weighted by atomic mass is 10.1. The molecule has 0 aromatic heterocycles. The van der Waals surface area contributed by atoms with Gasteiger partial charge in [-0.15, -0.1) is 0 Å². The Hall–Kier alpha value is -0.810. The van der Waals surface area contributed by atoms with Crippen LogP contribution in [0.2, 0.25) is 0 Å². The third-order valence-corrected chi connectivity index (χ3v) is 3.89. The molecule has 2 aliphatic rings. The van der Waals surface area contributed by atoms with E-state index >= 15 is 0 Å². The van der Waals surface area contributed by atoms with Crippen LogP contribution in [0, 0.1) is 5.92 Å². The van der Waals surface area contributed by atoms with Crippen molar-refractivity contribution in [1.82, 2.24) is 20.0 Å². The predicted octanol–water partition coefficient (Wildman–Crippen LogP) is -0.106. The van der Waals surface area contributed by atoms with Crippen LogP contribution in [-0.2, 0) is 0 Å². The average Bonchev–Trinajstić information content (AvgIpc) is 2.71. The van der Waals surface area contributed by atoms with E-state index in [-0.39, 0.29) is 6.03 Å². The second-order valence-corrected chi connectivity index (χ2v) is 5.43. The molecule has 2 saturated heterocycles. The van der Waals surface area contributed by atoms with Crippen LogP contribution in [-0.4, -0.2) is 80.1 Å². The van der Waals surface area contributed by atoms with Crippen molar-refractivity contribution in [3.8, 4) is 0 Å². The van der Waals surface area contributed by atoms with E-state index in [4.69, 9.17) is 0 Å². The zero-order chi connectivity index (χ0) is 12.4. The molecule has 2 unspecified atom stereocenters. The zero-order valence-electron chi connectivity index (χ0n) is 11.1. The van der Waals surface area contributed by atoms with Gasteiger partial charge in [0.15, 0.2) is 0 Å². The highest BCUT2D eigenvalue weighted by Gasteiger charge is 2.35. The van der Waals surface area contributed by atoms with Crippen LogP contribution < -0.4 is 5.32 Å². The number of hydrogen-bond acceptors (Lipinski definition) is 3. The van der Waals surface area contributed by atoms with Crippen molar-refractivity contribution in [2.45, 2.75) is 13.0 Å². The molecule has 2 atom stereocenters. The maximum atomic E-state index is 12.3. The molecule has 0 aromatic carbocycles. The molecule has 0 bridgehead atoms. The first-order chi connectivity index (χ1) is 8.09. The molecule has 0 aliphatic carbocycles. The van der Waals surface area contributed by atoms with Crippen LogP contribution >= 0.6 is 0 Å². The van der Waals surface area contributed by atoms with Crippen molar-refractivity contribution in [3.05, 3.63) is 0 Å². The summed E-state index contributed by atoms with van der Waals surface area (Å²) in [5, 5.41) is 3.28. The second-order valence-electron chi connectivity index (χ2n) is 5.43. The maximum absolute atomic E-state index is 12.3. The standard InChI is InChI=1S/C12H24N4O/c1-10-8-16(9-11(10)14(2)3)12(17)15-6-4-13-5-7-15/h10-11,13H,4-9H2,1-3H3. The Morgan fingerprint density at radius 3 is 2.35 bits per heavy atom. The van der Waals surface area contributed by atoms with Crippen LogP contribution in [0.15, 0.2) is 0 Å². The van der Waals surface area contributed by atoms with Gasteiger partial charge in [-0.25, -0.2) is 4.79 Å².